The fourth-order valence-corrected chi connectivity index (χ4v) is 2.48. The lowest BCUT2D eigenvalue weighted by atomic mass is 10.1. The van der Waals surface area contributed by atoms with Crippen LogP contribution in [-0.4, -0.2) is 29.5 Å². The maximum Gasteiger partial charge on any atom is 0.331 e. The first-order valence-electron chi connectivity index (χ1n) is 6.15. The van der Waals surface area contributed by atoms with E-state index in [9.17, 15) is 9.59 Å². The van der Waals surface area contributed by atoms with Crippen molar-refractivity contribution in [1.82, 2.24) is 0 Å². The maximum atomic E-state index is 12.4. The highest BCUT2D eigenvalue weighted by atomic mass is 79.9. The molecule has 1 unspecified atom stereocenters. The summed E-state index contributed by atoms with van der Waals surface area (Å²) >= 11 is 4.53. The van der Waals surface area contributed by atoms with Crippen LogP contribution in [0.5, 0.6) is 0 Å². The van der Waals surface area contributed by atoms with Crippen molar-refractivity contribution in [2.24, 2.45) is 0 Å². The van der Waals surface area contributed by atoms with E-state index in [4.69, 9.17) is 4.74 Å². The van der Waals surface area contributed by atoms with Crippen molar-refractivity contribution in [3.8, 4) is 0 Å². The van der Waals surface area contributed by atoms with Gasteiger partial charge in [-0.1, -0.05) is 15.9 Å². The minimum absolute atomic E-state index is 0.250. The van der Waals surface area contributed by atoms with Crippen molar-refractivity contribution in [2.45, 2.75) is 25.5 Å². The Hall–Kier alpha value is -1.01. The SMILES string of the molecule is CCOC(=O)C(C)(SC)C(=O)Nc1ccc(Br)cc1C. The summed E-state index contributed by atoms with van der Waals surface area (Å²) in [5, 5.41) is 2.79. The van der Waals surface area contributed by atoms with Gasteiger partial charge in [0.05, 0.1) is 6.61 Å². The van der Waals surface area contributed by atoms with Crippen LogP contribution in [0.4, 0.5) is 5.69 Å². The molecule has 110 valence electrons. The molecule has 0 fully saturated rings. The molecule has 1 aromatic rings. The lowest BCUT2D eigenvalue weighted by Gasteiger charge is -2.24. The van der Waals surface area contributed by atoms with Crippen LogP contribution in [0.15, 0.2) is 22.7 Å². The molecule has 1 rings (SSSR count). The number of aryl methyl sites for hydroxylation is 1. The zero-order chi connectivity index (χ0) is 15.3. The summed E-state index contributed by atoms with van der Waals surface area (Å²) in [4.78, 5) is 24.3. The number of hydrogen-bond acceptors (Lipinski definition) is 4. The van der Waals surface area contributed by atoms with Gasteiger partial charge in [-0.3, -0.25) is 4.79 Å². The van der Waals surface area contributed by atoms with Gasteiger partial charge in [-0.2, -0.15) is 0 Å². The number of esters is 1. The standard InChI is InChI=1S/C14H18BrNO3S/c1-5-19-13(18)14(3,20-4)12(17)16-11-7-6-10(15)8-9(11)2/h6-8H,5H2,1-4H3,(H,16,17). The Bertz CT molecular complexity index is 521. The molecule has 6 heteroatoms. The Morgan fingerprint density at radius 2 is 2.10 bits per heavy atom. The maximum absolute atomic E-state index is 12.4. The number of anilines is 1. The second-order valence-corrected chi connectivity index (χ2v) is 6.51. The third-order valence-corrected chi connectivity index (χ3v) is 4.60. The van der Waals surface area contributed by atoms with Gasteiger partial charge in [0.25, 0.3) is 5.91 Å². The van der Waals surface area contributed by atoms with Gasteiger partial charge in [0, 0.05) is 10.2 Å². The van der Waals surface area contributed by atoms with E-state index in [2.05, 4.69) is 21.2 Å². The first kappa shape index (κ1) is 17.0. The number of carbonyl (C=O) groups excluding carboxylic acids is 2. The zero-order valence-electron chi connectivity index (χ0n) is 12.0. The predicted octanol–water partition coefficient (Wildman–Crippen LogP) is 3.38. The molecule has 1 atom stereocenters. The highest BCUT2D eigenvalue weighted by Crippen LogP contribution is 2.27. The number of carbonyl (C=O) groups is 2. The number of amides is 1. The van der Waals surface area contributed by atoms with Gasteiger partial charge in [0.15, 0.2) is 4.75 Å². The van der Waals surface area contributed by atoms with E-state index in [1.807, 2.05) is 19.1 Å². The summed E-state index contributed by atoms with van der Waals surface area (Å²) in [6.45, 7) is 5.43. The molecular formula is C14H18BrNO3S. The molecule has 0 aliphatic heterocycles. The Balaban J connectivity index is 2.95. The number of hydrogen-bond donors (Lipinski definition) is 1. The average Bonchev–Trinajstić information content (AvgIpc) is 2.41. The Kier molecular flexibility index (Phi) is 6.07. The van der Waals surface area contributed by atoms with E-state index in [0.717, 1.165) is 21.8 Å². The quantitative estimate of drug-likeness (QED) is 0.646. The van der Waals surface area contributed by atoms with Gasteiger partial charge in [-0.05, 0) is 50.8 Å². The van der Waals surface area contributed by atoms with Crippen LogP contribution < -0.4 is 5.32 Å². The summed E-state index contributed by atoms with van der Waals surface area (Å²) < 4.78 is 4.66. The largest absolute Gasteiger partial charge is 0.465 e. The molecule has 0 saturated heterocycles. The van der Waals surface area contributed by atoms with Crippen LogP contribution in [0.2, 0.25) is 0 Å². The van der Waals surface area contributed by atoms with E-state index < -0.39 is 10.7 Å². The normalized spacial score (nSPS) is 13.4. The number of rotatable bonds is 5. The summed E-state index contributed by atoms with van der Waals surface area (Å²) in [6.07, 6.45) is 1.71. The third kappa shape index (κ3) is 3.76. The molecule has 0 aliphatic rings. The van der Waals surface area contributed by atoms with Crippen LogP contribution >= 0.6 is 27.7 Å². The van der Waals surface area contributed by atoms with Crippen molar-refractivity contribution in [3.63, 3.8) is 0 Å². The van der Waals surface area contributed by atoms with Crippen molar-refractivity contribution in [1.29, 1.82) is 0 Å². The first-order valence-corrected chi connectivity index (χ1v) is 8.17. The van der Waals surface area contributed by atoms with Crippen molar-refractivity contribution in [2.75, 3.05) is 18.2 Å². The Labute approximate surface area is 131 Å². The number of thioether (sulfide) groups is 1. The van der Waals surface area contributed by atoms with Crippen LogP contribution in [0.1, 0.15) is 19.4 Å². The van der Waals surface area contributed by atoms with E-state index in [1.54, 1.807) is 26.2 Å². The number of halogens is 1. The second-order valence-electron chi connectivity index (χ2n) is 4.37. The van der Waals surface area contributed by atoms with Crippen molar-refractivity contribution < 1.29 is 14.3 Å². The molecular weight excluding hydrogens is 342 g/mol. The second kappa shape index (κ2) is 7.13. The minimum Gasteiger partial charge on any atom is -0.465 e. The molecule has 1 amide bonds. The van der Waals surface area contributed by atoms with E-state index in [0.29, 0.717) is 5.69 Å². The fraction of sp³-hybridized carbons (Fsp3) is 0.429. The number of ether oxygens (including phenoxy) is 1. The molecule has 0 spiro atoms. The van der Waals surface area contributed by atoms with Crippen molar-refractivity contribution in [3.05, 3.63) is 28.2 Å². The van der Waals surface area contributed by atoms with Gasteiger partial charge in [0.1, 0.15) is 0 Å². The molecule has 0 saturated carbocycles. The lowest BCUT2D eigenvalue weighted by Crippen LogP contribution is -2.45. The molecule has 0 radical (unpaired) electrons. The predicted molar refractivity (Wildman–Crippen MR) is 86.1 cm³/mol. The molecule has 0 aromatic heterocycles. The van der Waals surface area contributed by atoms with Gasteiger partial charge >= 0.3 is 5.97 Å². The summed E-state index contributed by atoms with van der Waals surface area (Å²) in [5.74, 6) is -0.909. The van der Waals surface area contributed by atoms with Gasteiger partial charge in [-0.25, -0.2) is 4.79 Å². The Morgan fingerprint density at radius 1 is 1.45 bits per heavy atom. The minimum atomic E-state index is -1.25. The molecule has 0 heterocycles. The van der Waals surface area contributed by atoms with Crippen LogP contribution in [0, 0.1) is 6.92 Å². The van der Waals surface area contributed by atoms with E-state index in [-0.39, 0.29) is 12.5 Å². The average molecular weight is 360 g/mol. The monoisotopic (exact) mass is 359 g/mol. The topological polar surface area (TPSA) is 55.4 Å². The number of benzene rings is 1. The summed E-state index contributed by atoms with van der Waals surface area (Å²) in [6, 6.07) is 5.53. The van der Waals surface area contributed by atoms with Crippen LogP contribution in [-0.2, 0) is 14.3 Å². The first-order chi connectivity index (χ1) is 9.35. The van der Waals surface area contributed by atoms with Crippen LogP contribution in [0.3, 0.4) is 0 Å². The summed E-state index contributed by atoms with van der Waals surface area (Å²) in [7, 11) is 0. The van der Waals surface area contributed by atoms with Gasteiger partial charge < -0.3 is 10.1 Å². The molecule has 1 N–H and O–H groups in total. The fourth-order valence-electron chi connectivity index (χ4n) is 1.55. The molecule has 0 bridgehead atoms. The molecule has 0 aliphatic carbocycles. The lowest BCUT2D eigenvalue weighted by molar-refractivity contribution is -0.148. The highest BCUT2D eigenvalue weighted by Gasteiger charge is 2.42. The highest BCUT2D eigenvalue weighted by molar-refractivity contribution is 9.10. The van der Waals surface area contributed by atoms with E-state index in [1.165, 1.54) is 0 Å². The molecule has 4 nitrogen and oxygen atoms in total. The third-order valence-electron chi connectivity index (χ3n) is 2.94. The molecule has 1 aromatic carbocycles. The number of nitrogens with one attached hydrogen (secondary N) is 1. The van der Waals surface area contributed by atoms with E-state index >= 15 is 0 Å². The van der Waals surface area contributed by atoms with Gasteiger partial charge in [-0.15, -0.1) is 11.8 Å². The van der Waals surface area contributed by atoms with Crippen molar-refractivity contribution >= 4 is 45.3 Å². The zero-order valence-corrected chi connectivity index (χ0v) is 14.4. The smallest absolute Gasteiger partial charge is 0.331 e. The van der Waals surface area contributed by atoms with Crippen LogP contribution in [0.25, 0.3) is 0 Å². The summed E-state index contributed by atoms with van der Waals surface area (Å²) in [5.41, 5.74) is 1.60. The Morgan fingerprint density at radius 3 is 2.60 bits per heavy atom. The molecule has 20 heavy (non-hydrogen) atoms. The van der Waals surface area contributed by atoms with Gasteiger partial charge in [0.2, 0.25) is 0 Å².